The van der Waals surface area contributed by atoms with E-state index in [-0.39, 0.29) is 6.23 Å². The van der Waals surface area contributed by atoms with Gasteiger partial charge in [0, 0.05) is 11.4 Å². The second kappa shape index (κ2) is 5.93. The Morgan fingerprint density at radius 3 is 2.55 bits per heavy atom. The van der Waals surface area contributed by atoms with Gasteiger partial charge in [0.05, 0.1) is 5.52 Å². The number of carbonyl (C=O) groups excluding carboxylic acids is 1. The third-order valence-corrected chi connectivity index (χ3v) is 3.60. The summed E-state index contributed by atoms with van der Waals surface area (Å²) in [7, 11) is 0. The summed E-state index contributed by atoms with van der Waals surface area (Å²) in [6.07, 6.45) is -0.848. The monoisotopic (exact) mass is 294 g/mol. The second-order valence-electron chi connectivity index (χ2n) is 5.21. The average Bonchev–Trinajstić information content (AvgIpc) is 2.83. The van der Waals surface area contributed by atoms with Crippen LogP contribution < -0.4 is 5.32 Å². The maximum absolute atomic E-state index is 12.0. The fourth-order valence-electron chi connectivity index (χ4n) is 2.67. The minimum Gasteiger partial charge on any atom is -0.425 e. The fraction of sp³-hybridized carbons (Fsp3) is 0.167. The molecule has 1 aromatic heterocycles. The van der Waals surface area contributed by atoms with E-state index >= 15 is 0 Å². The smallest absolute Gasteiger partial charge is 0.413 e. The largest absolute Gasteiger partial charge is 0.425 e. The van der Waals surface area contributed by atoms with Gasteiger partial charge in [-0.3, -0.25) is 5.32 Å². The summed E-state index contributed by atoms with van der Waals surface area (Å²) < 4.78 is 7.51. The van der Waals surface area contributed by atoms with Gasteiger partial charge in [-0.2, -0.15) is 0 Å². The van der Waals surface area contributed by atoms with Crippen molar-refractivity contribution in [3.8, 4) is 0 Å². The van der Waals surface area contributed by atoms with Crippen molar-refractivity contribution in [1.82, 2.24) is 4.57 Å². The first-order chi connectivity index (χ1) is 10.6. The standard InChI is InChI=1S/C18H18N2O2/c1-13-12-15-8-6-7-11-17(15)20(13)14(2)22-18(21)19-16-9-4-3-5-10-16/h3-12,14H,1-2H3,(H,19,21). The topological polar surface area (TPSA) is 43.3 Å². The van der Waals surface area contributed by atoms with Crippen molar-refractivity contribution < 1.29 is 9.53 Å². The number of carbonyl (C=O) groups is 1. The molecule has 0 bridgehead atoms. The first-order valence-electron chi connectivity index (χ1n) is 7.24. The molecule has 0 saturated heterocycles. The van der Waals surface area contributed by atoms with Crippen LogP contribution in [0.1, 0.15) is 18.8 Å². The van der Waals surface area contributed by atoms with Crippen molar-refractivity contribution >= 4 is 22.7 Å². The van der Waals surface area contributed by atoms with Gasteiger partial charge in [-0.15, -0.1) is 0 Å². The van der Waals surface area contributed by atoms with Crippen molar-refractivity contribution in [1.29, 1.82) is 0 Å². The molecule has 1 N–H and O–H groups in total. The van der Waals surface area contributed by atoms with Crippen LogP contribution in [0.5, 0.6) is 0 Å². The molecule has 4 nitrogen and oxygen atoms in total. The van der Waals surface area contributed by atoms with Crippen molar-refractivity contribution in [3.05, 3.63) is 66.4 Å². The highest BCUT2D eigenvalue weighted by molar-refractivity contribution is 5.85. The quantitative estimate of drug-likeness (QED) is 0.759. The van der Waals surface area contributed by atoms with Crippen molar-refractivity contribution in [3.63, 3.8) is 0 Å². The first kappa shape index (κ1) is 14.2. The number of benzene rings is 2. The molecular formula is C18H18N2O2. The van der Waals surface area contributed by atoms with Gasteiger partial charge < -0.3 is 9.30 Å². The SMILES string of the molecule is Cc1cc2ccccc2n1C(C)OC(=O)Nc1ccccc1. The molecule has 1 unspecified atom stereocenters. The Balaban J connectivity index is 1.77. The number of anilines is 1. The molecule has 22 heavy (non-hydrogen) atoms. The Morgan fingerprint density at radius 2 is 1.77 bits per heavy atom. The average molecular weight is 294 g/mol. The van der Waals surface area contributed by atoms with Crippen LogP contribution in [-0.4, -0.2) is 10.7 Å². The molecule has 3 aromatic rings. The van der Waals surface area contributed by atoms with E-state index < -0.39 is 6.09 Å². The van der Waals surface area contributed by atoms with E-state index in [9.17, 15) is 4.79 Å². The van der Waals surface area contributed by atoms with Gasteiger partial charge in [0.1, 0.15) is 0 Å². The van der Waals surface area contributed by atoms with Gasteiger partial charge in [-0.25, -0.2) is 4.79 Å². The molecule has 0 saturated carbocycles. The number of nitrogens with zero attached hydrogens (tertiary/aromatic N) is 1. The number of aryl methyl sites for hydroxylation is 1. The maximum Gasteiger partial charge on any atom is 0.413 e. The van der Waals surface area contributed by atoms with E-state index in [0.29, 0.717) is 5.69 Å². The number of fused-ring (bicyclic) bond motifs is 1. The number of nitrogens with one attached hydrogen (secondary N) is 1. The summed E-state index contributed by atoms with van der Waals surface area (Å²) in [5, 5.41) is 3.87. The highest BCUT2D eigenvalue weighted by atomic mass is 16.6. The molecule has 0 radical (unpaired) electrons. The molecule has 2 aromatic carbocycles. The Hall–Kier alpha value is -2.75. The van der Waals surface area contributed by atoms with E-state index in [1.165, 1.54) is 0 Å². The molecule has 112 valence electrons. The molecule has 0 aliphatic carbocycles. The lowest BCUT2D eigenvalue weighted by Gasteiger charge is -2.18. The van der Waals surface area contributed by atoms with Crippen LogP contribution in [0, 0.1) is 6.92 Å². The lowest BCUT2D eigenvalue weighted by molar-refractivity contribution is 0.0814. The molecule has 0 aliphatic heterocycles. The summed E-state index contributed by atoms with van der Waals surface area (Å²) in [6, 6.07) is 19.4. The van der Waals surface area contributed by atoms with Crippen LogP contribution in [0.15, 0.2) is 60.7 Å². The molecule has 4 heteroatoms. The Morgan fingerprint density at radius 1 is 1.09 bits per heavy atom. The van der Waals surface area contributed by atoms with E-state index in [1.807, 2.05) is 66.9 Å². The maximum atomic E-state index is 12.0. The number of aromatic nitrogens is 1. The van der Waals surface area contributed by atoms with Gasteiger partial charge in [-0.1, -0.05) is 36.4 Å². The summed E-state index contributed by atoms with van der Waals surface area (Å²) in [5.41, 5.74) is 2.83. The van der Waals surface area contributed by atoms with Crippen molar-refractivity contribution in [2.75, 3.05) is 5.32 Å². The van der Waals surface area contributed by atoms with Crippen LogP contribution in [-0.2, 0) is 4.74 Å². The van der Waals surface area contributed by atoms with Crippen molar-refractivity contribution in [2.45, 2.75) is 20.1 Å². The van der Waals surface area contributed by atoms with E-state index in [4.69, 9.17) is 4.74 Å². The number of ether oxygens (including phenoxy) is 1. The number of hydrogen-bond donors (Lipinski definition) is 1. The third kappa shape index (κ3) is 2.81. The Kier molecular flexibility index (Phi) is 3.83. The van der Waals surface area contributed by atoms with Gasteiger partial charge in [0.25, 0.3) is 0 Å². The zero-order chi connectivity index (χ0) is 15.5. The number of rotatable bonds is 3. The highest BCUT2D eigenvalue weighted by Gasteiger charge is 2.15. The summed E-state index contributed by atoms with van der Waals surface area (Å²) >= 11 is 0. The van der Waals surface area contributed by atoms with Crippen LogP contribution >= 0.6 is 0 Å². The second-order valence-corrected chi connectivity index (χ2v) is 5.21. The molecule has 0 fully saturated rings. The summed E-state index contributed by atoms with van der Waals surface area (Å²) in [6.45, 7) is 3.87. The van der Waals surface area contributed by atoms with E-state index in [2.05, 4.69) is 17.4 Å². The molecule has 0 aliphatic rings. The molecule has 1 amide bonds. The number of amides is 1. The highest BCUT2D eigenvalue weighted by Crippen LogP contribution is 2.24. The number of hydrogen-bond acceptors (Lipinski definition) is 2. The fourth-order valence-corrected chi connectivity index (χ4v) is 2.67. The number of para-hydroxylation sites is 2. The zero-order valence-corrected chi connectivity index (χ0v) is 12.6. The van der Waals surface area contributed by atoms with Crippen LogP contribution in [0.2, 0.25) is 0 Å². The Labute approximate surface area is 129 Å². The van der Waals surface area contributed by atoms with Gasteiger partial charge in [0.2, 0.25) is 0 Å². The first-order valence-corrected chi connectivity index (χ1v) is 7.24. The van der Waals surface area contributed by atoms with Gasteiger partial charge in [-0.05, 0) is 43.5 Å². The molecular weight excluding hydrogens is 276 g/mol. The minimum absolute atomic E-state index is 0.386. The summed E-state index contributed by atoms with van der Waals surface area (Å²) in [5.74, 6) is 0. The Bertz CT molecular complexity index is 793. The van der Waals surface area contributed by atoms with E-state index in [1.54, 1.807) is 0 Å². The minimum atomic E-state index is -0.462. The van der Waals surface area contributed by atoms with Crippen LogP contribution in [0.3, 0.4) is 0 Å². The van der Waals surface area contributed by atoms with Crippen molar-refractivity contribution in [2.24, 2.45) is 0 Å². The van der Waals surface area contributed by atoms with Crippen LogP contribution in [0.4, 0.5) is 10.5 Å². The van der Waals surface area contributed by atoms with Gasteiger partial charge in [0.15, 0.2) is 6.23 Å². The predicted molar refractivity (Wildman–Crippen MR) is 87.9 cm³/mol. The third-order valence-electron chi connectivity index (χ3n) is 3.60. The predicted octanol–water partition coefficient (Wildman–Crippen LogP) is 4.72. The lowest BCUT2D eigenvalue weighted by atomic mass is 10.2. The summed E-state index contributed by atoms with van der Waals surface area (Å²) in [4.78, 5) is 12.0. The molecule has 1 atom stereocenters. The van der Waals surface area contributed by atoms with Crippen LogP contribution in [0.25, 0.3) is 10.9 Å². The van der Waals surface area contributed by atoms with E-state index in [0.717, 1.165) is 16.6 Å². The zero-order valence-electron chi connectivity index (χ0n) is 12.6. The molecule has 1 heterocycles. The normalized spacial score (nSPS) is 12.1. The molecule has 0 spiro atoms. The lowest BCUT2D eigenvalue weighted by Crippen LogP contribution is -2.20. The van der Waals surface area contributed by atoms with Gasteiger partial charge >= 0.3 is 6.09 Å². The molecule has 3 rings (SSSR count).